The Balaban J connectivity index is 1.61. The Kier molecular flexibility index (Phi) is 4.95. The number of nitrogens with zero attached hydrogens (tertiary/aromatic N) is 3. The summed E-state index contributed by atoms with van der Waals surface area (Å²) in [6.07, 6.45) is 0. The van der Waals surface area contributed by atoms with Gasteiger partial charge in [0.15, 0.2) is 11.6 Å². The van der Waals surface area contributed by atoms with Crippen molar-refractivity contribution in [3.8, 4) is 45.0 Å². The zero-order valence-corrected chi connectivity index (χ0v) is 16.8. The minimum absolute atomic E-state index is 0.202. The second-order valence-corrected chi connectivity index (χ2v) is 7.20. The van der Waals surface area contributed by atoms with Crippen LogP contribution in [0.1, 0.15) is 0 Å². The molecule has 0 bridgehead atoms. The molecule has 0 aliphatic rings. The second-order valence-electron chi connectivity index (χ2n) is 7.20. The first-order valence-corrected chi connectivity index (χ1v) is 10.1. The van der Waals surface area contributed by atoms with Gasteiger partial charge in [0.25, 0.3) is 0 Å². The minimum Gasteiger partial charge on any atom is -0.368 e. The first-order chi connectivity index (χ1) is 15.3. The smallest absolute Gasteiger partial charge is 0.224 e. The molecule has 5 rings (SSSR count). The lowest BCUT2D eigenvalue weighted by atomic mass is 9.99. The van der Waals surface area contributed by atoms with Crippen LogP contribution >= 0.6 is 0 Å². The lowest BCUT2D eigenvalue weighted by molar-refractivity contribution is 1.08. The van der Waals surface area contributed by atoms with Crippen LogP contribution in [0.25, 0.3) is 45.0 Å². The molecule has 2 N–H and O–H groups in total. The number of nitrogens with two attached hydrogens (primary N) is 1. The molecule has 1 heterocycles. The summed E-state index contributed by atoms with van der Waals surface area (Å²) in [4.78, 5) is 13.7. The van der Waals surface area contributed by atoms with Gasteiger partial charge in [-0.25, -0.2) is 4.98 Å². The Morgan fingerprint density at radius 1 is 0.419 bits per heavy atom. The highest BCUT2D eigenvalue weighted by molar-refractivity contribution is 5.81. The van der Waals surface area contributed by atoms with E-state index in [9.17, 15) is 0 Å². The molecule has 0 unspecified atom stereocenters. The first kappa shape index (κ1) is 18.7. The molecule has 4 aromatic carbocycles. The molecule has 148 valence electrons. The van der Waals surface area contributed by atoms with Crippen molar-refractivity contribution in [2.75, 3.05) is 5.73 Å². The summed E-state index contributed by atoms with van der Waals surface area (Å²) in [7, 11) is 0. The van der Waals surface area contributed by atoms with Crippen molar-refractivity contribution < 1.29 is 0 Å². The van der Waals surface area contributed by atoms with E-state index in [0.717, 1.165) is 33.4 Å². The molecular formula is C27H20N4. The number of aromatic nitrogens is 3. The maximum atomic E-state index is 6.11. The maximum absolute atomic E-state index is 6.11. The van der Waals surface area contributed by atoms with Crippen LogP contribution in [-0.2, 0) is 0 Å². The third-order valence-corrected chi connectivity index (χ3v) is 5.13. The molecule has 4 heteroatoms. The summed E-state index contributed by atoms with van der Waals surface area (Å²) in [5.41, 5.74) is 12.3. The Hall–Kier alpha value is -4.31. The normalized spacial score (nSPS) is 10.7. The molecule has 0 saturated carbocycles. The molecule has 0 aliphatic carbocycles. The first-order valence-electron chi connectivity index (χ1n) is 10.1. The van der Waals surface area contributed by atoms with Crippen molar-refractivity contribution >= 4 is 5.95 Å². The van der Waals surface area contributed by atoms with Crippen molar-refractivity contribution in [2.45, 2.75) is 0 Å². The van der Waals surface area contributed by atoms with Crippen LogP contribution in [0.15, 0.2) is 109 Å². The molecule has 1 aromatic heterocycles. The van der Waals surface area contributed by atoms with Gasteiger partial charge < -0.3 is 5.73 Å². The molecule has 0 fully saturated rings. The Labute approximate surface area is 181 Å². The van der Waals surface area contributed by atoms with Crippen LogP contribution in [0.2, 0.25) is 0 Å². The summed E-state index contributed by atoms with van der Waals surface area (Å²) in [5.74, 6) is 1.32. The topological polar surface area (TPSA) is 64.7 Å². The number of hydrogen-bond donors (Lipinski definition) is 1. The van der Waals surface area contributed by atoms with Gasteiger partial charge in [-0.2, -0.15) is 9.97 Å². The van der Waals surface area contributed by atoms with Crippen molar-refractivity contribution in [3.05, 3.63) is 109 Å². The van der Waals surface area contributed by atoms with Gasteiger partial charge in [0.2, 0.25) is 5.95 Å². The number of benzene rings is 4. The summed E-state index contributed by atoms with van der Waals surface area (Å²) < 4.78 is 0. The zero-order valence-electron chi connectivity index (χ0n) is 16.8. The van der Waals surface area contributed by atoms with E-state index in [1.54, 1.807) is 0 Å². The molecule has 0 saturated heterocycles. The quantitative estimate of drug-likeness (QED) is 0.395. The molecule has 0 atom stereocenters. The largest absolute Gasteiger partial charge is 0.368 e. The summed E-state index contributed by atoms with van der Waals surface area (Å²) in [6, 6.07) is 36.7. The maximum Gasteiger partial charge on any atom is 0.224 e. The summed E-state index contributed by atoms with van der Waals surface area (Å²) in [5, 5.41) is 0. The van der Waals surface area contributed by atoms with E-state index in [1.165, 1.54) is 0 Å². The van der Waals surface area contributed by atoms with E-state index in [0.29, 0.717) is 11.6 Å². The van der Waals surface area contributed by atoms with Crippen molar-refractivity contribution in [1.82, 2.24) is 15.0 Å². The third kappa shape index (κ3) is 3.91. The van der Waals surface area contributed by atoms with Crippen molar-refractivity contribution in [2.24, 2.45) is 0 Å². The molecule has 31 heavy (non-hydrogen) atoms. The predicted molar refractivity (Wildman–Crippen MR) is 126 cm³/mol. The van der Waals surface area contributed by atoms with Crippen LogP contribution in [0.3, 0.4) is 0 Å². The highest BCUT2D eigenvalue weighted by Crippen LogP contribution is 2.31. The monoisotopic (exact) mass is 400 g/mol. The van der Waals surface area contributed by atoms with Crippen LogP contribution in [-0.4, -0.2) is 15.0 Å². The fourth-order valence-electron chi connectivity index (χ4n) is 3.66. The van der Waals surface area contributed by atoms with Crippen LogP contribution < -0.4 is 5.73 Å². The van der Waals surface area contributed by atoms with Crippen molar-refractivity contribution in [3.63, 3.8) is 0 Å². The van der Waals surface area contributed by atoms with Crippen LogP contribution in [0.5, 0.6) is 0 Å². The average molecular weight is 400 g/mol. The summed E-state index contributed by atoms with van der Waals surface area (Å²) in [6.45, 7) is 0. The van der Waals surface area contributed by atoms with E-state index >= 15 is 0 Å². The Bertz CT molecular complexity index is 1330. The van der Waals surface area contributed by atoms with E-state index in [4.69, 9.17) is 10.7 Å². The fraction of sp³-hybridized carbons (Fsp3) is 0. The lowest BCUT2D eigenvalue weighted by Crippen LogP contribution is -2.03. The third-order valence-electron chi connectivity index (χ3n) is 5.13. The zero-order chi connectivity index (χ0) is 21.0. The van der Waals surface area contributed by atoms with Gasteiger partial charge in [-0.05, 0) is 28.3 Å². The van der Waals surface area contributed by atoms with E-state index in [2.05, 4.69) is 52.4 Å². The molecule has 0 aliphatic heterocycles. The molecule has 0 radical (unpaired) electrons. The molecule has 4 nitrogen and oxygen atoms in total. The van der Waals surface area contributed by atoms with Gasteiger partial charge in [0.05, 0.1) is 0 Å². The molecular weight excluding hydrogens is 380 g/mol. The van der Waals surface area contributed by atoms with Gasteiger partial charge in [-0.3, -0.25) is 0 Å². The predicted octanol–water partition coefficient (Wildman–Crippen LogP) is 6.12. The van der Waals surface area contributed by atoms with Gasteiger partial charge in [0.1, 0.15) is 0 Å². The van der Waals surface area contributed by atoms with Gasteiger partial charge in [-0.1, -0.05) is 103 Å². The van der Waals surface area contributed by atoms with Gasteiger partial charge in [0, 0.05) is 11.1 Å². The summed E-state index contributed by atoms with van der Waals surface area (Å²) >= 11 is 0. The SMILES string of the molecule is Nc1nc(-c2cccc(-c3ccccc3)c2)nc(-c2ccccc2-c2ccccc2)n1. The number of rotatable bonds is 4. The van der Waals surface area contributed by atoms with E-state index in [1.807, 2.05) is 66.7 Å². The molecule has 5 aromatic rings. The highest BCUT2D eigenvalue weighted by atomic mass is 15.1. The standard InChI is InChI=1S/C27H20N4/c28-27-30-25(22-15-9-14-21(18-22)19-10-3-1-4-11-19)29-26(31-27)24-17-8-7-16-23(24)20-12-5-2-6-13-20/h1-18H,(H2,28,29,30,31). The van der Waals surface area contributed by atoms with Crippen LogP contribution in [0.4, 0.5) is 5.95 Å². The van der Waals surface area contributed by atoms with Crippen LogP contribution in [0, 0.1) is 0 Å². The second kappa shape index (κ2) is 8.20. The highest BCUT2D eigenvalue weighted by Gasteiger charge is 2.13. The Morgan fingerprint density at radius 3 is 1.71 bits per heavy atom. The number of anilines is 1. The average Bonchev–Trinajstić information content (AvgIpc) is 2.85. The lowest BCUT2D eigenvalue weighted by Gasteiger charge is -2.11. The molecule has 0 amide bonds. The van der Waals surface area contributed by atoms with E-state index < -0.39 is 0 Å². The fourth-order valence-corrected chi connectivity index (χ4v) is 3.66. The van der Waals surface area contributed by atoms with Crippen molar-refractivity contribution in [1.29, 1.82) is 0 Å². The minimum atomic E-state index is 0.202. The van der Waals surface area contributed by atoms with Gasteiger partial charge in [-0.15, -0.1) is 0 Å². The van der Waals surface area contributed by atoms with Gasteiger partial charge >= 0.3 is 0 Å². The number of hydrogen-bond acceptors (Lipinski definition) is 4. The Morgan fingerprint density at radius 2 is 0.968 bits per heavy atom. The molecule has 0 spiro atoms. The van der Waals surface area contributed by atoms with E-state index in [-0.39, 0.29) is 5.95 Å². The number of nitrogen functional groups attached to an aromatic ring is 1.